The van der Waals surface area contributed by atoms with E-state index in [-0.39, 0.29) is 5.82 Å². The Morgan fingerprint density at radius 3 is 2.90 bits per heavy atom. The zero-order valence-electron chi connectivity index (χ0n) is 10.1. The van der Waals surface area contributed by atoms with Crippen LogP contribution in [-0.2, 0) is 6.54 Å². The molecule has 0 saturated heterocycles. The highest BCUT2D eigenvalue weighted by atomic mass is 19.3. The third-order valence-corrected chi connectivity index (χ3v) is 2.77. The van der Waals surface area contributed by atoms with Crippen molar-refractivity contribution >= 4 is 11.5 Å². The van der Waals surface area contributed by atoms with Crippen LogP contribution in [0.5, 0.6) is 0 Å². The molecule has 0 atom stereocenters. The number of nitrogens with zero attached hydrogens (tertiary/aromatic N) is 6. The largest absolute Gasteiger partial charge is 0.360 e. The van der Waals surface area contributed by atoms with Gasteiger partial charge in [0.05, 0.1) is 31.0 Å². The van der Waals surface area contributed by atoms with Gasteiger partial charge in [-0.2, -0.15) is 0 Å². The van der Waals surface area contributed by atoms with E-state index < -0.39 is 13.0 Å². The molecule has 0 aromatic carbocycles. The molecule has 3 heterocycles. The molecule has 3 aromatic rings. The van der Waals surface area contributed by atoms with Crippen LogP contribution in [0.15, 0.2) is 30.9 Å². The molecule has 0 radical (unpaired) electrons. The Hall–Kier alpha value is -2.82. The first-order chi connectivity index (χ1) is 9.69. The maximum atomic E-state index is 12.5. The highest BCUT2D eigenvalue weighted by Gasteiger charge is 2.14. The molecule has 0 aliphatic rings. The van der Waals surface area contributed by atoms with Gasteiger partial charge in [0.1, 0.15) is 5.69 Å². The van der Waals surface area contributed by atoms with Gasteiger partial charge in [0.25, 0.3) is 12.2 Å². The van der Waals surface area contributed by atoms with Crippen molar-refractivity contribution in [3.05, 3.63) is 42.3 Å². The Kier molecular flexibility index (Phi) is 2.87. The maximum absolute atomic E-state index is 12.5. The van der Waals surface area contributed by atoms with Gasteiger partial charge in [0.15, 0.2) is 0 Å². The molecule has 0 N–H and O–H groups in total. The van der Waals surface area contributed by atoms with Crippen molar-refractivity contribution in [1.29, 1.82) is 0 Å². The Bertz CT molecular complexity index is 798. The van der Waals surface area contributed by atoms with Gasteiger partial charge in [-0.25, -0.2) is 18.7 Å². The molecule has 0 bridgehead atoms. The van der Waals surface area contributed by atoms with Crippen molar-refractivity contribution in [3.8, 4) is 11.4 Å². The molecule has 20 heavy (non-hydrogen) atoms. The molecule has 8 heteroatoms. The standard InChI is InChI=1S/C12H8F2N6/c1-15-12-5-17-11-3-2-8(18-20(11)12)9-4-16-7-19(9)6-10(13)14/h2-5,7,10H,6H2. The van der Waals surface area contributed by atoms with Crippen molar-refractivity contribution in [2.75, 3.05) is 0 Å². The predicted molar refractivity (Wildman–Crippen MR) is 66.5 cm³/mol. The van der Waals surface area contributed by atoms with Gasteiger partial charge in [-0.1, -0.05) is 11.7 Å². The average molecular weight is 274 g/mol. The van der Waals surface area contributed by atoms with Crippen LogP contribution in [0.4, 0.5) is 14.6 Å². The Morgan fingerprint density at radius 2 is 2.15 bits per heavy atom. The number of fused-ring (bicyclic) bond motifs is 1. The minimum atomic E-state index is -2.47. The van der Waals surface area contributed by atoms with E-state index in [2.05, 4.69) is 19.9 Å². The second kappa shape index (κ2) is 4.70. The topological polar surface area (TPSA) is 52.4 Å². The smallest absolute Gasteiger partial charge is 0.275 e. The van der Waals surface area contributed by atoms with Gasteiger partial charge in [0.2, 0.25) is 5.65 Å². The van der Waals surface area contributed by atoms with E-state index in [9.17, 15) is 8.78 Å². The lowest BCUT2D eigenvalue weighted by molar-refractivity contribution is 0.127. The van der Waals surface area contributed by atoms with Crippen LogP contribution < -0.4 is 0 Å². The van der Waals surface area contributed by atoms with E-state index in [4.69, 9.17) is 6.57 Å². The molecule has 6 nitrogen and oxygen atoms in total. The van der Waals surface area contributed by atoms with Crippen molar-refractivity contribution in [1.82, 2.24) is 24.1 Å². The number of hydrogen-bond acceptors (Lipinski definition) is 3. The van der Waals surface area contributed by atoms with Crippen LogP contribution >= 0.6 is 0 Å². The van der Waals surface area contributed by atoms with Gasteiger partial charge in [-0.05, 0) is 6.07 Å². The van der Waals surface area contributed by atoms with Gasteiger partial charge in [0, 0.05) is 6.07 Å². The van der Waals surface area contributed by atoms with Crippen molar-refractivity contribution in [2.45, 2.75) is 13.0 Å². The molecule has 100 valence electrons. The van der Waals surface area contributed by atoms with Crippen LogP contribution in [0.2, 0.25) is 0 Å². The number of halogens is 2. The normalized spacial score (nSPS) is 11.1. The predicted octanol–water partition coefficient (Wildman–Crippen LogP) is 2.41. The second-order valence-electron chi connectivity index (χ2n) is 4.04. The molecular weight excluding hydrogens is 266 g/mol. The summed E-state index contributed by atoms with van der Waals surface area (Å²) >= 11 is 0. The fourth-order valence-electron chi connectivity index (χ4n) is 1.90. The van der Waals surface area contributed by atoms with Gasteiger partial charge in [-0.3, -0.25) is 0 Å². The summed E-state index contributed by atoms with van der Waals surface area (Å²) in [5.41, 5.74) is 1.45. The van der Waals surface area contributed by atoms with Gasteiger partial charge < -0.3 is 9.41 Å². The molecule has 0 spiro atoms. The number of aromatic nitrogens is 5. The van der Waals surface area contributed by atoms with Crippen LogP contribution in [-0.4, -0.2) is 30.6 Å². The highest BCUT2D eigenvalue weighted by Crippen LogP contribution is 2.20. The molecule has 0 fully saturated rings. The van der Waals surface area contributed by atoms with E-state index in [0.29, 0.717) is 17.0 Å². The quantitative estimate of drug-likeness (QED) is 0.689. The lowest BCUT2D eigenvalue weighted by Gasteiger charge is -2.06. The summed E-state index contributed by atoms with van der Waals surface area (Å²) in [7, 11) is 0. The molecule has 3 rings (SSSR count). The van der Waals surface area contributed by atoms with E-state index >= 15 is 0 Å². The number of imidazole rings is 2. The van der Waals surface area contributed by atoms with Gasteiger partial charge >= 0.3 is 0 Å². The van der Waals surface area contributed by atoms with Crippen molar-refractivity contribution in [2.24, 2.45) is 0 Å². The molecule has 0 unspecified atom stereocenters. The molecule has 3 aromatic heterocycles. The Morgan fingerprint density at radius 1 is 1.30 bits per heavy atom. The minimum absolute atomic E-state index is 0.266. The molecule has 0 amide bonds. The van der Waals surface area contributed by atoms with Gasteiger partial charge in [-0.15, -0.1) is 4.52 Å². The molecule has 0 saturated carbocycles. The highest BCUT2D eigenvalue weighted by molar-refractivity contribution is 5.58. The number of hydrogen-bond donors (Lipinski definition) is 0. The maximum Gasteiger partial charge on any atom is 0.275 e. The first-order valence-electron chi connectivity index (χ1n) is 5.70. The lowest BCUT2D eigenvalue weighted by atomic mass is 10.3. The van der Waals surface area contributed by atoms with E-state index in [1.54, 1.807) is 12.1 Å². The summed E-state index contributed by atoms with van der Waals surface area (Å²) < 4.78 is 27.7. The average Bonchev–Trinajstić information content (AvgIpc) is 3.03. The summed E-state index contributed by atoms with van der Waals surface area (Å²) in [6.07, 6.45) is 1.73. The molecular formula is C12H8F2N6. The van der Waals surface area contributed by atoms with Crippen LogP contribution in [0.3, 0.4) is 0 Å². The van der Waals surface area contributed by atoms with Crippen molar-refractivity contribution < 1.29 is 8.78 Å². The second-order valence-corrected chi connectivity index (χ2v) is 4.04. The zero-order valence-corrected chi connectivity index (χ0v) is 10.1. The summed E-state index contributed by atoms with van der Waals surface area (Å²) in [5, 5.41) is 4.25. The monoisotopic (exact) mass is 274 g/mol. The summed E-state index contributed by atoms with van der Waals surface area (Å²) in [5.74, 6) is 0.266. The summed E-state index contributed by atoms with van der Waals surface area (Å²) in [4.78, 5) is 11.2. The third-order valence-electron chi connectivity index (χ3n) is 2.77. The van der Waals surface area contributed by atoms with E-state index in [1.807, 2.05) is 0 Å². The van der Waals surface area contributed by atoms with E-state index in [1.165, 1.54) is 27.8 Å². The van der Waals surface area contributed by atoms with Crippen LogP contribution in [0.1, 0.15) is 0 Å². The van der Waals surface area contributed by atoms with Crippen molar-refractivity contribution in [3.63, 3.8) is 0 Å². The van der Waals surface area contributed by atoms with Crippen LogP contribution in [0, 0.1) is 6.57 Å². The summed E-state index contributed by atoms with van der Waals surface area (Å²) in [6, 6.07) is 3.34. The zero-order chi connectivity index (χ0) is 14.1. The fraction of sp³-hybridized carbons (Fsp3) is 0.167. The lowest BCUT2D eigenvalue weighted by Crippen LogP contribution is -2.07. The SMILES string of the molecule is [C-]#[N+]c1cnc2ccc(-c3cncn3CC(F)F)nn12. The third kappa shape index (κ3) is 1.99. The fourth-order valence-corrected chi connectivity index (χ4v) is 1.90. The Labute approximate surface area is 112 Å². The minimum Gasteiger partial charge on any atom is -0.360 e. The Balaban J connectivity index is 2.11. The molecule has 0 aliphatic heterocycles. The summed E-state index contributed by atoms with van der Waals surface area (Å²) in [6.45, 7) is 6.58. The first-order valence-corrected chi connectivity index (χ1v) is 5.70. The number of alkyl halides is 2. The first kappa shape index (κ1) is 12.2. The van der Waals surface area contributed by atoms with Crippen LogP contribution in [0.25, 0.3) is 21.9 Å². The van der Waals surface area contributed by atoms with E-state index in [0.717, 1.165) is 0 Å². The number of rotatable bonds is 3. The molecule has 0 aliphatic carbocycles.